The van der Waals surface area contributed by atoms with E-state index in [2.05, 4.69) is 5.32 Å². The zero-order chi connectivity index (χ0) is 17.7. The van der Waals surface area contributed by atoms with Crippen LogP contribution in [0.3, 0.4) is 0 Å². The van der Waals surface area contributed by atoms with Crippen LogP contribution in [0.2, 0.25) is 0 Å². The van der Waals surface area contributed by atoms with Gasteiger partial charge in [-0.3, -0.25) is 4.79 Å². The van der Waals surface area contributed by atoms with Crippen molar-refractivity contribution < 1.29 is 18.0 Å². The van der Waals surface area contributed by atoms with Gasteiger partial charge in [-0.25, -0.2) is 0 Å². The number of hydrogen-bond donors (Lipinski definition) is 1. The van der Waals surface area contributed by atoms with Crippen LogP contribution in [0, 0.1) is 0 Å². The van der Waals surface area contributed by atoms with E-state index >= 15 is 0 Å². The quantitative estimate of drug-likeness (QED) is 0.796. The molecule has 6 heteroatoms. The van der Waals surface area contributed by atoms with Crippen LogP contribution in [-0.4, -0.2) is 19.0 Å². The highest BCUT2D eigenvalue weighted by atomic mass is 19.4. The van der Waals surface area contributed by atoms with Crippen LogP contribution < -0.4 is 10.2 Å². The van der Waals surface area contributed by atoms with Crippen LogP contribution in [0.5, 0.6) is 0 Å². The van der Waals surface area contributed by atoms with Crippen molar-refractivity contribution in [2.45, 2.75) is 64.1 Å². The molecule has 1 aliphatic rings. The van der Waals surface area contributed by atoms with E-state index in [0.29, 0.717) is 24.6 Å². The molecular formula is C18H25F3N2O. The minimum atomic E-state index is -4.42. The lowest BCUT2D eigenvalue weighted by atomic mass is 9.94. The number of amides is 1. The van der Waals surface area contributed by atoms with Crippen LogP contribution in [0.25, 0.3) is 0 Å². The Morgan fingerprint density at radius 2 is 1.92 bits per heavy atom. The summed E-state index contributed by atoms with van der Waals surface area (Å²) in [7, 11) is 1.90. The average molecular weight is 342 g/mol. The number of nitrogens with zero attached hydrogens (tertiary/aromatic N) is 1. The molecule has 2 rings (SSSR count). The summed E-state index contributed by atoms with van der Waals surface area (Å²) in [5, 5.41) is 2.66. The largest absolute Gasteiger partial charge is 0.416 e. The molecule has 0 unspecified atom stereocenters. The molecule has 134 valence electrons. The Bertz CT molecular complexity index is 566. The zero-order valence-electron chi connectivity index (χ0n) is 14.2. The van der Waals surface area contributed by atoms with E-state index in [-0.39, 0.29) is 11.6 Å². The third kappa shape index (κ3) is 4.65. The van der Waals surface area contributed by atoms with E-state index in [0.717, 1.165) is 37.8 Å². The molecule has 0 aliphatic heterocycles. The number of nitrogens with one attached hydrogen (secondary N) is 1. The molecule has 1 aliphatic carbocycles. The predicted octanol–water partition coefficient (Wildman–Crippen LogP) is 5.21. The van der Waals surface area contributed by atoms with Gasteiger partial charge < -0.3 is 10.2 Å². The van der Waals surface area contributed by atoms with E-state index in [1.165, 1.54) is 12.5 Å². The maximum absolute atomic E-state index is 13.0. The van der Waals surface area contributed by atoms with Gasteiger partial charge in [-0.2, -0.15) is 13.2 Å². The lowest BCUT2D eigenvalue weighted by Crippen LogP contribution is -2.34. The molecule has 3 nitrogen and oxygen atoms in total. The van der Waals surface area contributed by atoms with Gasteiger partial charge in [-0.05, 0) is 37.5 Å². The van der Waals surface area contributed by atoms with Gasteiger partial charge in [0.15, 0.2) is 0 Å². The van der Waals surface area contributed by atoms with Gasteiger partial charge in [-0.15, -0.1) is 0 Å². The number of alkyl halides is 3. The Labute approximate surface area is 141 Å². The number of halogens is 3. The van der Waals surface area contributed by atoms with Gasteiger partial charge in [0.1, 0.15) is 0 Å². The Morgan fingerprint density at radius 3 is 2.50 bits per heavy atom. The van der Waals surface area contributed by atoms with Crippen molar-refractivity contribution in [3.05, 3.63) is 23.8 Å². The molecule has 0 radical (unpaired) electrons. The summed E-state index contributed by atoms with van der Waals surface area (Å²) in [5.41, 5.74) is 0.158. The van der Waals surface area contributed by atoms with E-state index in [1.807, 2.05) is 18.9 Å². The number of carbonyl (C=O) groups is 1. The van der Waals surface area contributed by atoms with Gasteiger partial charge >= 0.3 is 6.18 Å². The van der Waals surface area contributed by atoms with Crippen molar-refractivity contribution >= 4 is 17.3 Å². The van der Waals surface area contributed by atoms with Gasteiger partial charge in [-0.1, -0.05) is 26.2 Å². The number of rotatable bonds is 5. The molecule has 0 bridgehead atoms. The number of hydrogen-bond acceptors (Lipinski definition) is 2. The maximum atomic E-state index is 13.0. The first-order valence-corrected chi connectivity index (χ1v) is 8.57. The molecule has 0 saturated heterocycles. The zero-order valence-corrected chi connectivity index (χ0v) is 14.2. The maximum Gasteiger partial charge on any atom is 0.416 e. The van der Waals surface area contributed by atoms with Crippen molar-refractivity contribution in [3.63, 3.8) is 0 Å². The van der Waals surface area contributed by atoms with Crippen molar-refractivity contribution in [2.24, 2.45) is 0 Å². The number of anilines is 2. The summed E-state index contributed by atoms with van der Waals surface area (Å²) in [6.45, 7) is 1.86. The second-order valence-corrected chi connectivity index (χ2v) is 6.43. The van der Waals surface area contributed by atoms with Crippen LogP contribution in [0.15, 0.2) is 18.2 Å². The van der Waals surface area contributed by atoms with Crippen LogP contribution in [0.1, 0.15) is 57.4 Å². The molecule has 0 spiro atoms. The third-order valence-electron chi connectivity index (χ3n) is 4.58. The number of carbonyl (C=O) groups excluding carboxylic acids is 1. The number of benzene rings is 1. The summed E-state index contributed by atoms with van der Waals surface area (Å²) in [4.78, 5) is 13.9. The molecule has 1 aromatic rings. The van der Waals surface area contributed by atoms with Crippen molar-refractivity contribution in [1.82, 2.24) is 0 Å². The highest BCUT2D eigenvalue weighted by molar-refractivity contribution is 5.94. The first-order chi connectivity index (χ1) is 11.3. The topological polar surface area (TPSA) is 32.3 Å². The molecule has 0 heterocycles. The standard InChI is InChI=1S/C18H25F3N2O/c1-3-7-17(24)22-15-12-13(18(19,20)21)10-11-16(15)23(2)14-8-5-4-6-9-14/h10-12,14H,3-9H2,1-2H3,(H,22,24). The minimum Gasteiger partial charge on any atom is -0.370 e. The predicted molar refractivity (Wildman–Crippen MR) is 90.3 cm³/mol. The summed E-state index contributed by atoms with van der Waals surface area (Å²) < 4.78 is 39.0. The molecule has 0 atom stereocenters. The molecule has 1 aromatic carbocycles. The Morgan fingerprint density at radius 1 is 1.25 bits per heavy atom. The molecule has 0 aromatic heterocycles. The summed E-state index contributed by atoms with van der Waals surface area (Å²) in [6.07, 6.45) is 2.05. The fourth-order valence-corrected chi connectivity index (χ4v) is 3.22. The highest BCUT2D eigenvalue weighted by Crippen LogP contribution is 2.37. The molecule has 1 N–H and O–H groups in total. The summed E-state index contributed by atoms with van der Waals surface area (Å²) >= 11 is 0. The Kier molecular flexibility index (Phi) is 6.13. The van der Waals surface area contributed by atoms with Crippen LogP contribution in [-0.2, 0) is 11.0 Å². The average Bonchev–Trinajstić information content (AvgIpc) is 2.54. The Hall–Kier alpha value is -1.72. The van der Waals surface area contributed by atoms with E-state index in [4.69, 9.17) is 0 Å². The van der Waals surface area contributed by atoms with Crippen molar-refractivity contribution in [2.75, 3.05) is 17.3 Å². The highest BCUT2D eigenvalue weighted by Gasteiger charge is 2.32. The van der Waals surface area contributed by atoms with Gasteiger partial charge in [0, 0.05) is 19.5 Å². The van der Waals surface area contributed by atoms with Crippen molar-refractivity contribution in [1.29, 1.82) is 0 Å². The normalized spacial score (nSPS) is 16.0. The first-order valence-electron chi connectivity index (χ1n) is 8.57. The fourth-order valence-electron chi connectivity index (χ4n) is 3.22. The lowest BCUT2D eigenvalue weighted by molar-refractivity contribution is -0.137. The second-order valence-electron chi connectivity index (χ2n) is 6.43. The Balaban J connectivity index is 2.31. The molecule has 1 fully saturated rings. The fraction of sp³-hybridized carbons (Fsp3) is 0.611. The molecule has 1 amide bonds. The van der Waals surface area contributed by atoms with Gasteiger partial charge in [0.2, 0.25) is 5.91 Å². The van der Waals surface area contributed by atoms with Gasteiger partial charge in [0.05, 0.1) is 16.9 Å². The smallest absolute Gasteiger partial charge is 0.370 e. The first kappa shape index (κ1) is 18.6. The monoisotopic (exact) mass is 342 g/mol. The van der Waals surface area contributed by atoms with E-state index in [1.54, 1.807) is 0 Å². The van der Waals surface area contributed by atoms with Crippen LogP contribution >= 0.6 is 0 Å². The summed E-state index contributed by atoms with van der Waals surface area (Å²) in [5.74, 6) is -0.255. The third-order valence-corrected chi connectivity index (χ3v) is 4.58. The SMILES string of the molecule is CCCC(=O)Nc1cc(C(F)(F)F)ccc1N(C)C1CCCCC1. The van der Waals surface area contributed by atoms with E-state index in [9.17, 15) is 18.0 Å². The summed E-state index contributed by atoms with van der Waals surface area (Å²) in [6, 6.07) is 3.91. The molecular weight excluding hydrogens is 317 g/mol. The van der Waals surface area contributed by atoms with E-state index < -0.39 is 11.7 Å². The minimum absolute atomic E-state index is 0.247. The molecule has 1 saturated carbocycles. The molecule has 24 heavy (non-hydrogen) atoms. The van der Waals surface area contributed by atoms with Crippen molar-refractivity contribution in [3.8, 4) is 0 Å². The second kappa shape index (κ2) is 7.90. The van der Waals surface area contributed by atoms with Gasteiger partial charge in [0.25, 0.3) is 0 Å². The van der Waals surface area contributed by atoms with Crippen LogP contribution in [0.4, 0.5) is 24.5 Å². The lowest BCUT2D eigenvalue weighted by Gasteiger charge is -2.34.